The van der Waals surface area contributed by atoms with Crippen LogP contribution in [0, 0.1) is 0 Å². The van der Waals surface area contributed by atoms with Crippen molar-refractivity contribution in [1.82, 2.24) is 34.7 Å². The highest BCUT2D eigenvalue weighted by atomic mass is 16.5. The van der Waals surface area contributed by atoms with Gasteiger partial charge in [-0.05, 0) is 46.5 Å². The average Bonchev–Trinajstić information content (AvgIpc) is 3.58. The van der Waals surface area contributed by atoms with E-state index in [-0.39, 0.29) is 5.69 Å². The van der Waals surface area contributed by atoms with Gasteiger partial charge in [0.05, 0.1) is 20.8 Å². The Kier molecular flexibility index (Phi) is 6.80. The van der Waals surface area contributed by atoms with Gasteiger partial charge in [0.25, 0.3) is 0 Å². The molecular weight excluding hydrogens is 470 g/mol. The lowest BCUT2D eigenvalue weighted by Gasteiger charge is -2.13. The van der Waals surface area contributed by atoms with Crippen molar-refractivity contribution >= 4 is 0 Å². The third kappa shape index (κ3) is 4.61. The van der Waals surface area contributed by atoms with E-state index >= 15 is 0 Å². The molecule has 0 unspecified atom stereocenters. The summed E-state index contributed by atoms with van der Waals surface area (Å²) in [6.45, 7) is 2.54. The molecule has 0 aliphatic rings. The van der Waals surface area contributed by atoms with E-state index in [4.69, 9.17) is 9.47 Å². The van der Waals surface area contributed by atoms with E-state index in [0.717, 1.165) is 40.8 Å². The second-order valence-electron chi connectivity index (χ2n) is 8.47. The number of aromatic amines is 1. The number of ether oxygens (including phenoxy) is 2. The van der Waals surface area contributed by atoms with E-state index in [2.05, 4.69) is 32.5 Å². The number of aromatic nitrogens is 7. The summed E-state index contributed by atoms with van der Waals surface area (Å²) in [5, 5.41) is 14.3. The van der Waals surface area contributed by atoms with Crippen molar-refractivity contribution in [1.29, 1.82) is 0 Å². The monoisotopic (exact) mass is 497 g/mol. The smallest absolute Gasteiger partial charge is 0.333 e. The zero-order valence-corrected chi connectivity index (χ0v) is 20.9. The van der Waals surface area contributed by atoms with Crippen LogP contribution in [0.5, 0.6) is 11.5 Å². The van der Waals surface area contributed by atoms with E-state index in [9.17, 15) is 4.79 Å². The van der Waals surface area contributed by atoms with Crippen molar-refractivity contribution in [2.45, 2.75) is 26.3 Å². The Balaban J connectivity index is 1.51. The molecule has 0 amide bonds. The highest BCUT2D eigenvalue weighted by Gasteiger charge is 2.19. The Hall–Kier alpha value is -4.73. The van der Waals surface area contributed by atoms with Gasteiger partial charge in [0, 0.05) is 29.8 Å². The molecule has 10 nitrogen and oxygen atoms in total. The fraction of sp³-hybridized carbons (Fsp3) is 0.222. The molecule has 37 heavy (non-hydrogen) atoms. The Morgan fingerprint density at radius 1 is 0.973 bits per heavy atom. The molecule has 3 heterocycles. The maximum Gasteiger partial charge on any atom is 0.333 e. The third-order valence-electron chi connectivity index (χ3n) is 6.22. The van der Waals surface area contributed by atoms with Crippen LogP contribution in [0.3, 0.4) is 0 Å². The van der Waals surface area contributed by atoms with Crippen molar-refractivity contribution in [2.75, 3.05) is 14.2 Å². The van der Waals surface area contributed by atoms with Crippen LogP contribution in [0.1, 0.15) is 24.6 Å². The summed E-state index contributed by atoms with van der Waals surface area (Å²) < 4.78 is 14.5. The van der Waals surface area contributed by atoms with Gasteiger partial charge in [-0.2, -0.15) is 5.21 Å². The predicted octanol–water partition coefficient (Wildman–Crippen LogP) is 3.90. The van der Waals surface area contributed by atoms with Gasteiger partial charge in [-0.15, -0.1) is 10.2 Å². The second kappa shape index (κ2) is 10.5. The second-order valence-corrected chi connectivity index (χ2v) is 8.47. The number of rotatable bonds is 9. The van der Waals surface area contributed by atoms with E-state index in [1.54, 1.807) is 31.2 Å². The van der Waals surface area contributed by atoms with Crippen molar-refractivity contribution in [3.63, 3.8) is 0 Å². The van der Waals surface area contributed by atoms with Crippen LogP contribution in [0.15, 0.2) is 71.9 Å². The first-order chi connectivity index (χ1) is 18.1. The van der Waals surface area contributed by atoms with E-state index in [1.807, 2.05) is 59.3 Å². The van der Waals surface area contributed by atoms with Crippen LogP contribution in [0.4, 0.5) is 0 Å². The number of hydrogen-bond donors (Lipinski definition) is 1. The van der Waals surface area contributed by atoms with Crippen LogP contribution in [0.25, 0.3) is 28.2 Å². The lowest BCUT2D eigenvalue weighted by molar-refractivity contribution is 0.390. The molecular formula is C27H27N7O3. The molecule has 0 aliphatic carbocycles. The van der Waals surface area contributed by atoms with Gasteiger partial charge in [-0.25, -0.2) is 4.79 Å². The van der Waals surface area contributed by atoms with Crippen LogP contribution >= 0.6 is 0 Å². The molecule has 5 rings (SSSR count). The molecule has 10 heteroatoms. The summed E-state index contributed by atoms with van der Waals surface area (Å²) in [4.78, 5) is 17.9. The summed E-state index contributed by atoms with van der Waals surface area (Å²) in [5.74, 6) is 1.62. The Labute approximate surface area is 213 Å². The normalized spacial score (nSPS) is 11.0. The van der Waals surface area contributed by atoms with Crippen molar-refractivity contribution in [3.8, 4) is 39.7 Å². The summed E-state index contributed by atoms with van der Waals surface area (Å²) in [5.41, 5.74) is 5.11. The van der Waals surface area contributed by atoms with E-state index < -0.39 is 0 Å². The number of tetrazole rings is 1. The van der Waals surface area contributed by atoms with Crippen molar-refractivity contribution < 1.29 is 9.47 Å². The lowest BCUT2D eigenvalue weighted by atomic mass is 10.00. The van der Waals surface area contributed by atoms with Gasteiger partial charge < -0.3 is 9.47 Å². The maximum absolute atomic E-state index is 13.7. The molecule has 0 fully saturated rings. The molecule has 0 saturated carbocycles. The maximum atomic E-state index is 13.7. The van der Waals surface area contributed by atoms with E-state index in [1.165, 1.54) is 0 Å². The molecule has 3 aromatic heterocycles. The predicted molar refractivity (Wildman–Crippen MR) is 139 cm³/mol. The van der Waals surface area contributed by atoms with Crippen LogP contribution < -0.4 is 15.2 Å². The SMILES string of the molecule is CCCc1cn(-c2c(OC)cccc2OC)c(=O)n1Cc1ccc(-c2ccncc2-c2nn[nH]n2)cc1. The average molecular weight is 498 g/mol. The van der Waals surface area contributed by atoms with Gasteiger partial charge in [0.2, 0.25) is 5.82 Å². The van der Waals surface area contributed by atoms with E-state index in [0.29, 0.717) is 29.6 Å². The number of hydrogen-bond acceptors (Lipinski definition) is 7. The number of para-hydroxylation sites is 1. The first kappa shape index (κ1) is 24.0. The molecule has 0 radical (unpaired) electrons. The number of aryl methyl sites for hydroxylation is 1. The van der Waals surface area contributed by atoms with Gasteiger partial charge >= 0.3 is 5.69 Å². The Bertz CT molecular complexity index is 1530. The molecule has 2 aromatic carbocycles. The first-order valence-electron chi connectivity index (χ1n) is 11.9. The van der Waals surface area contributed by atoms with Gasteiger partial charge in [0.15, 0.2) is 0 Å². The summed E-state index contributed by atoms with van der Waals surface area (Å²) in [6.07, 6.45) is 7.02. The summed E-state index contributed by atoms with van der Waals surface area (Å²) in [6, 6.07) is 15.5. The topological polar surface area (TPSA) is 113 Å². The summed E-state index contributed by atoms with van der Waals surface area (Å²) in [7, 11) is 3.17. The minimum absolute atomic E-state index is 0.149. The van der Waals surface area contributed by atoms with Crippen LogP contribution in [0.2, 0.25) is 0 Å². The fourth-order valence-electron chi connectivity index (χ4n) is 4.45. The Morgan fingerprint density at radius 2 is 1.73 bits per heavy atom. The minimum Gasteiger partial charge on any atom is -0.494 e. The lowest BCUT2D eigenvalue weighted by Crippen LogP contribution is -2.25. The zero-order chi connectivity index (χ0) is 25.8. The number of imidazole rings is 1. The summed E-state index contributed by atoms with van der Waals surface area (Å²) >= 11 is 0. The molecule has 0 spiro atoms. The standard InChI is InChI=1S/C27H27N7O3/c1-4-6-20-17-34(25-23(36-2)7-5-8-24(25)37-3)27(35)33(20)16-18-9-11-19(12-10-18)21-13-14-28-15-22(21)26-29-31-32-30-26/h5,7-15,17H,4,6,16H2,1-3H3,(H,29,30,31,32). The van der Waals surface area contributed by atoms with Gasteiger partial charge in [0.1, 0.15) is 17.2 Å². The molecule has 0 atom stereocenters. The number of benzene rings is 2. The van der Waals surface area contributed by atoms with Gasteiger partial charge in [-0.1, -0.05) is 43.7 Å². The molecule has 0 saturated heterocycles. The van der Waals surface area contributed by atoms with Crippen molar-refractivity contribution in [2.24, 2.45) is 0 Å². The zero-order valence-electron chi connectivity index (χ0n) is 20.9. The number of pyridine rings is 1. The molecule has 0 bridgehead atoms. The first-order valence-corrected chi connectivity index (χ1v) is 11.9. The fourth-order valence-corrected chi connectivity index (χ4v) is 4.45. The van der Waals surface area contributed by atoms with Crippen molar-refractivity contribution in [3.05, 3.63) is 88.9 Å². The molecule has 5 aromatic rings. The number of nitrogens with zero attached hydrogens (tertiary/aromatic N) is 6. The van der Waals surface area contributed by atoms with Crippen LogP contribution in [-0.4, -0.2) is 49.0 Å². The third-order valence-corrected chi connectivity index (χ3v) is 6.22. The minimum atomic E-state index is -0.149. The largest absolute Gasteiger partial charge is 0.494 e. The Morgan fingerprint density at radius 3 is 2.38 bits per heavy atom. The van der Waals surface area contributed by atoms with Gasteiger partial charge in [-0.3, -0.25) is 14.1 Å². The number of nitrogens with one attached hydrogen (secondary N) is 1. The van der Waals surface area contributed by atoms with Crippen LogP contribution in [-0.2, 0) is 13.0 Å². The highest BCUT2D eigenvalue weighted by molar-refractivity contribution is 5.79. The highest BCUT2D eigenvalue weighted by Crippen LogP contribution is 2.32. The molecule has 0 aliphatic heterocycles. The molecule has 1 N–H and O–H groups in total. The number of H-pyrrole nitrogens is 1. The molecule has 188 valence electrons. The number of methoxy groups -OCH3 is 2. The quantitative estimate of drug-likeness (QED) is 0.329.